The monoisotopic (exact) mass is 363 g/mol. The number of aromatic nitrogens is 2. The molecular weight excluding hydrogens is 338 g/mol. The van der Waals surface area contributed by atoms with E-state index in [1.807, 2.05) is 69.3 Å². The van der Waals surface area contributed by atoms with Crippen LogP contribution in [0.2, 0.25) is 0 Å². The molecule has 27 heavy (non-hydrogen) atoms. The Hall–Kier alpha value is -2.95. The number of rotatable bonds is 5. The van der Waals surface area contributed by atoms with Gasteiger partial charge in [-0.25, -0.2) is 4.98 Å². The van der Waals surface area contributed by atoms with Crippen molar-refractivity contribution < 1.29 is 4.79 Å². The number of fused-ring (bicyclic) bond motifs is 1. The summed E-state index contributed by atoms with van der Waals surface area (Å²) in [6.07, 6.45) is 0.428. The van der Waals surface area contributed by atoms with Crippen molar-refractivity contribution in [2.45, 2.75) is 40.3 Å². The number of benzene rings is 2. The molecule has 1 amide bonds. The van der Waals surface area contributed by atoms with Gasteiger partial charge >= 0.3 is 0 Å². The highest BCUT2D eigenvalue weighted by molar-refractivity contribution is 5.78. The van der Waals surface area contributed by atoms with Crippen LogP contribution in [0.1, 0.15) is 38.6 Å². The zero-order valence-corrected chi connectivity index (χ0v) is 16.0. The molecule has 1 N–H and O–H groups in total. The smallest absolute Gasteiger partial charge is 0.258 e. The molecule has 0 saturated heterocycles. The lowest BCUT2D eigenvalue weighted by atomic mass is 9.91. The third-order valence-electron chi connectivity index (χ3n) is 4.25. The molecule has 3 aromatic rings. The van der Waals surface area contributed by atoms with Gasteiger partial charge in [-0.1, -0.05) is 63.2 Å². The van der Waals surface area contributed by atoms with Crippen LogP contribution in [0.25, 0.3) is 10.9 Å². The van der Waals surface area contributed by atoms with Crippen LogP contribution in [0.15, 0.2) is 59.4 Å². The number of nitrogens with zero attached hydrogens (tertiary/aromatic N) is 2. The second-order valence-electron chi connectivity index (χ2n) is 8.00. The average Bonchev–Trinajstić information content (AvgIpc) is 2.61. The van der Waals surface area contributed by atoms with E-state index in [1.165, 1.54) is 0 Å². The number of para-hydroxylation sites is 1. The quantitative estimate of drug-likeness (QED) is 0.748. The molecule has 0 bridgehead atoms. The second-order valence-corrected chi connectivity index (χ2v) is 8.00. The van der Waals surface area contributed by atoms with E-state index in [9.17, 15) is 9.59 Å². The molecule has 0 spiro atoms. The highest BCUT2D eigenvalue weighted by Crippen LogP contribution is 2.21. The fourth-order valence-electron chi connectivity index (χ4n) is 2.99. The summed E-state index contributed by atoms with van der Waals surface area (Å²) in [7, 11) is 0. The largest absolute Gasteiger partial charge is 0.331 e. The number of amides is 1. The number of carbonyl (C=O) groups excluding carboxylic acids is 1. The third-order valence-corrected chi connectivity index (χ3v) is 4.25. The van der Waals surface area contributed by atoms with Crippen molar-refractivity contribution >= 4 is 16.8 Å². The van der Waals surface area contributed by atoms with Crippen molar-refractivity contribution in [3.8, 4) is 0 Å². The number of hydrogen-bond donors (Lipinski definition) is 1. The zero-order chi connectivity index (χ0) is 19.4. The van der Waals surface area contributed by atoms with E-state index in [4.69, 9.17) is 0 Å². The Labute approximate surface area is 159 Å². The number of nitrogens with one attached hydrogen (secondary N) is 1. The lowest BCUT2D eigenvalue weighted by Gasteiger charge is -2.26. The molecule has 2 aromatic carbocycles. The second kappa shape index (κ2) is 7.74. The molecule has 0 atom stereocenters. The maximum atomic E-state index is 12.9. The summed E-state index contributed by atoms with van der Waals surface area (Å²) < 4.78 is 0. The van der Waals surface area contributed by atoms with Gasteiger partial charge in [0.05, 0.1) is 17.4 Å². The molecule has 5 nitrogen and oxygen atoms in total. The number of aromatic amines is 1. The summed E-state index contributed by atoms with van der Waals surface area (Å²) in [5.74, 6) is 0.541. The first-order valence-electron chi connectivity index (χ1n) is 9.11. The highest BCUT2D eigenvalue weighted by Gasteiger charge is 2.22. The third kappa shape index (κ3) is 5.03. The first kappa shape index (κ1) is 18.8. The maximum absolute atomic E-state index is 12.9. The fourth-order valence-corrected chi connectivity index (χ4v) is 2.99. The summed E-state index contributed by atoms with van der Waals surface area (Å²) in [6.45, 7) is 6.88. The van der Waals surface area contributed by atoms with Crippen LogP contribution in [-0.4, -0.2) is 20.8 Å². The van der Waals surface area contributed by atoms with Gasteiger partial charge in [-0.15, -0.1) is 0 Å². The normalized spacial score (nSPS) is 11.5. The van der Waals surface area contributed by atoms with Gasteiger partial charge in [0.15, 0.2) is 0 Å². The average molecular weight is 363 g/mol. The minimum absolute atomic E-state index is 0.0437. The first-order chi connectivity index (χ1) is 12.8. The molecule has 0 aliphatic carbocycles. The van der Waals surface area contributed by atoms with Gasteiger partial charge in [0.2, 0.25) is 5.91 Å². The molecule has 1 aromatic heterocycles. The Morgan fingerprint density at radius 2 is 1.67 bits per heavy atom. The first-order valence-corrected chi connectivity index (χ1v) is 9.11. The van der Waals surface area contributed by atoms with Crippen LogP contribution in [0, 0.1) is 5.41 Å². The van der Waals surface area contributed by atoms with Crippen molar-refractivity contribution in [2.24, 2.45) is 5.41 Å². The van der Waals surface area contributed by atoms with Crippen LogP contribution < -0.4 is 5.56 Å². The number of carbonyl (C=O) groups is 1. The van der Waals surface area contributed by atoms with Crippen molar-refractivity contribution in [3.63, 3.8) is 0 Å². The number of H-pyrrole nitrogens is 1. The van der Waals surface area contributed by atoms with Crippen LogP contribution in [0.3, 0.4) is 0 Å². The van der Waals surface area contributed by atoms with Gasteiger partial charge < -0.3 is 9.88 Å². The van der Waals surface area contributed by atoms with Crippen LogP contribution >= 0.6 is 0 Å². The predicted molar refractivity (Wildman–Crippen MR) is 107 cm³/mol. The van der Waals surface area contributed by atoms with Gasteiger partial charge in [0, 0.05) is 13.0 Å². The van der Waals surface area contributed by atoms with Crippen LogP contribution in [0.4, 0.5) is 0 Å². The van der Waals surface area contributed by atoms with E-state index in [1.54, 1.807) is 11.0 Å². The Kier molecular flexibility index (Phi) is 5.40. The molecule has 0 saturated carbocycles. The highest BCUT2D eigenvalue weighted by atomic mass is 16.2. The summed E-state index contributed by atoms with van der Waals surface area (Å²) in [5.41, 5.74) is 1.39. The Morgan fingerprint density at radius 1 is 1.00 bits per heavy atom. The van der Waals surface area contributed by atoms with Gasteiger partial charge in [0.1, 0.15) is 5.82 Å². The molecule has 0 unspecified atom stereocenters. The molecule has 0 radical (unpaired) electrons. The van der Waals surface area contributed by atoms with E-state index in [2.05, 4.69) is 9.97 Å². The summed E-state index contributed by atoms with van der Waals surface area (Å²) in [5, 5.41) is 0.553. The molecule has 1 heterocycles. The maximum Gasteiger partial charge on any atom is 0.258 e. The van der Waals surface area contributed by atoms with Gasteiger partial charge in [-0.2, -0.15) is 0 Å². The van der Waals surface area contributed by atoms with Gasteiger partial charge in [0.25, 0.3) is 5.56 Å². The van der Waals surface area contributed by atoms with E-state index in [0.29, 0.717) is 29.7 Å². The van der Waals surface area contributed by atoms with E-state index in [-0.39, 0.29) is 23.4 Å². The molecule has 5 heteroatoms. The minimum atomic E-state index is -0.182. The van der Waals surface area contributed by atoms with Gasteiger partial charge in [-0.05, 0) is 23.1 Å². The van der Waals surface area contributed by atoms with Crippen molar-refractivity contribution in [2.75, 3.05) is 0 Å². The topological polar surface area (TPSA) is 66.1 Å². The predicted octanol–water partition coefficient (Wildman–Crippen LogP) is 3.89. The van der Waals surface area contributed by atoms with E-state index < -0.39 is 0 Å². The molecule has 0 aliphatic heterocycles. The van der Waals surface area contributed by atoms with Gasteiger partial charge in [-0.3, -0.25) is 9.59 Å². The number of hydrogen-bond acceptors (Lipinski definition) is 3. The molecule has 3 rings (SSSR count). The SMILES string of the molecule is CC(C)(C)CC(=O)N(Cc1ccccc1)Cc1nc2ccccc2c(=O)[nH]1. The molecule has 0 fully saturated rings. The van der Waals surface area contributed by atoms with E-state index in [0.717, 1.165) is 5.56 Å². The lowest BCUT2D eigenvalue weighted by molar-refractivity contribution is -0.134. The van der Waals surface area contributed by atoms with E-state index >= 15 is 0 Å². The molecular formula is C22H25N3O2. The molecule has 0 aliphatic rings. The minimum Gasteiger partial charge on any atom is -0.331 e. The van der Waals surface area contributed by atoms with Crippen molar-refractivity contribution in [1.29, 1.82) is 0 Å². The zero-order valence-electron chi connectivity index (χ0n) is 16.0. The van der Waals surface area contributed by atoms with Crippen molar-refractivity contribution in [3.05, 3.63) is 76.3 Å². The summed E-state index contributed by atoms with van der Waals surface area (Å²) in [6, 6.07) is 17.1. The lowest BCUT2D eigenvalue weighted by Crippen LogP contribution is -2.34. The Morgan fingerprint density at radius 3 is 2.37 bits per heavy atom. The standard InChI is InChI=1S/C22H25N3O2/c1-22(2,3)13-20(26)25(14-16-9-5-4-6-10-16)15-19-23-18-12-8-7-11-17(18)21(27)24-19/h4-12H,13-15H2,1-3H3,(H,23,24,27). The Bertz CT molecular complexity index is 988. The summed E-state index contributed by atoms with van der Waals surface area (Å²) >= 11 is 0. The van der Waals surface area contributed by atoms with Crippen molar-refractivity contribution in [1.82, 2.24) is 14.9 Å². The fraction of sp³-hybridized carbons (Fsp3) is 0.318. The Balaban J connectivity index is 1.90. The van der Waals surface area contributed by atoms with Crippen LogP contribution in [-0.2, 0) is 17.9 Å². The van der Waals surface area contributed by atoms with Crippen LogP contribution in [0.5, 0.6) is 0 Å². The summed E-state index contributed by atoms with van der Waals surface area (Å²) in [4.78, 5) is 34.4. The molecule has 140 valence electrons.